The van der Waals surface area contributed by atoms with Crippen LogP contribution in [0.5, 0.6) is 0 Å². The van der Waals surface area contributed by atoms with Gasteiger partial charge >= 0.3 is 0 Å². The topological polar surface area (TPSA) is 0 Å². The molecule has 0 aromatic carbocycles. The van der Waals surface area contributed by atoms with Crippen LogP contribution in [0.1, 0.15) is 12.8 Å². The van der Waals surface area contributed by atoms with Crippen molar-refractivity contribution in [3.63, 3.8) is 0 Å². The fourth-order valence-corrected chi connectivity index (χ4v) is 1.12. The molecule has 10 heavy (non-hydrogen) atoms. The maximum absolute atomic E-state index is 5.07. The third-order valence-corrected chi connectivity index (χ3v) is 1.78. The highest BCUT2D eigenvalue weighted by atomic mass is 28.3. The van der Waals surface area contributed by atoms with E-state index >= 15 is 0 Å². The summed E-state index contributed by atoms with van der Waals surface area (Å²) in [6.07, 6.45) is 6.72. The minimum absolute atomic E-state index is 0.789. The average molecular weight is 150 g/mol. The number of terminal acetylenes is 1. The van der Waals surface area contributed by atoms with Gasteiger partial charge in [-0.05, 0) is 0 Å². The highest BCUT2D eigenvalue weighted by molar-refractivity contribution is 6.83. The number of hydrogen-bond donors (Lipinski definition) is 0. The fourth-order valence-electron chi connectivity index (χ4n) is 0.462. The highest BCUT2D eigenvalue weighted by Gasteiger charge is 2.06. The van der Waals surface area contributed by atoms with Gasteiger partial charge in [-0.2, -0.15) is 0 Å². The first-order chi connectivity index (χ1) is 4.56. The molecule has 0 saturated carbocycles. The van der Waals surface area contributed by atoms with Crippen molar-refractivity contribution in [3.8, 4) is 23.8 Å². The summed E-state index contributed by atoms with van der Waals surface area (Å²) in [6.45, 7) is 6.70. The van der Waals surface area contributed by atoms with Gasteiger partial charge in [0.15, 0.2) is 0 Å². The quantitative estimate of drug-likeness (QED) is 0.305. The molecule has 0 aliphatic rings. The van der Waals surface area contributed by atoms with Gasteiger partial charge in [0.1, 0.15) is 8.07 Å². The molecule has 0 aromatic heterocycles. The van der Waals surface area contributed by atoms with Crippen molar-refractivity contribution in [2.45, 2.75) is 32.5 Å². The van der Waals surface area contributed by atoms with Gasteiger partial charge in [0, 0.05) is 12.8 Å². The Bertz CT molecular complexity index is 179. The predicted octanol–water partition coefficient (Wildman–Crippen LogP) is 2.28. The molecule has 0 fully saturated rings. The van der Waals surface area contributed by atoms with Gasteiger partial charge < -0.3 is 0 Å². The summed E-state index contributed by atoms with van der Waals surface area (Å²) in [5.41, 5.74) is 3.25. The molecule has 0 radical (unpaired) electrons. The second kappa shape index (κ2) is 4.20. The molecule has 0 aliphatic carbocycles. The zero-order valence-corrected chi connectivity index (χ0v) is 7.99. The van der Waals surface area contributed by atoms with Gasteiger partial charge in [-0.25, -0.2) is 0 Å². The fraction of sp³-hybridized carbons (Fsp3) is 0.556. The Kier molecular flexibility index (Phi) is 3.92. The van der Waals surface area contributed by atoms with Crippen molar-refractivity contribution in [2.24, 2.45) is 0 Å². The van der Waals surface area contributed by atoms with Crippen molar-refractivity contribution in [1.29, 1.82) is 0 Å². The molecular formula is C9H14Si. The molecule has 0 heterocycles. The Morgan fingerprint density at radius 2 is 1.80 bits per heavy atom. The molecule has 0 amide bonds. The minimum atomic E-state index is -1.14. The highest BCUT2D eigenvalue weighted by Crippen LogP contribution is 1.96. The monoisotopic (exact) mass is 150 g/mol. The molecular weight excluding hydrogens is 136 g/mol. The summed E-state index contributed by atoms with van der Waals surface area (Å²) in [4.78, 5) is 0. The predicted molar refractivity (Wildman–Crippen MR) is 49.2 cm³/mol. The minimum Gasteiger partial charge on any atom is -0.132 e. The van der Waals surface area contributed by atoms with E-state index in [1.807, 2.05) is 0 Å². The Morgan fingerprint density at radius 3 is 2.20 bits per heavy atom. The zero-order valence-electron chi connectivity index (χ0n) is 6.99. The van der Waals surface area contributed by atoms with Crippen LogP contribution in [0, 0.1) is 23.8 Å². The summed E-state index contributed by atoms with van der Waals surface area (Å²) in [5.74, 6) is 5.66. The Hall–Kier alpha value is -0.663. The molecule has 0 bridgehead atoms. The molecule has 0 N–H and O–H groups in total. The first-order valence-electron chi connectivity index (χ1n) is 3.50. The normalized spacial score (nSPS) is 9.40. The van der Waals surface area contributed by atoms with E-state index in [4.69, 9.17) is 6.42 Å². The number of hydrogen-bond acceptors (Lipinski definition) is 0. The van der Waals surface area contributed by atoms with Crippen molar-refractivity contribution in [2.75, 3.05) is 0 Å². The van der Waals surface area contributed by atoms with Gasteiger partial charge in [-0.15, -0.1) is 23.8 Å². The maximum Gasteiger partial charge on any atom is 0.129 e. The molecule has 1 heteroatoms. The lowest BCUT2D eigenvalue weighted by molar-refractivity contribution is 1.12. The molecule has 0 aromatic rings. The lowest BCUT2D eigenvalue weighted by Crippen LogP contribution is -2.16. The molecule has 54 valence electrons. The van der Waals surface area contributed by atoms with Crippen molar-refractivity contribution >= 4 is 8.07 Å². The molecule has 0 saturated heterocycles. The Labute approximate surface area is 65.0 Å². The van der Waals surface area contributed by atoms with Gasteiger partial charge in [-0.1, -0.05) is 19.6 Å². The van der Waals surface area contributed by atoms with E-state index in [1.54, 1.807) is 0 Å². The smallest absolute Gasteiger partial charge is 0.129 e. The van der Waals surface area contributed by atoms with Gasteiger partial charge in [0.25, 0.3) is 0 Å². The van der Waals surface area contributed by atoms with Crippen LogP contribution in [0.15, 0.2) is 0 Å². The van der Waals surface area contributed by atoms with E-state index in [0.29, 0.717) is 0 Å². The summed E-state index contributed by atoms with van der Waals surface area (Å²) in [6, 6.07) is 0. The zero-order chi connectivity index (χ0) is 8.04. The van der Waals surface area contributed by atoms with Crippen LogP contribution in [-0.2, 0) is 0 Å². The van der Waals surface area contributed by atoms with Crippen LogP contribution in [-0.4, -0.2) is 8.07 Å². The SMILES string of the molecule is C#CCCC#C[Si](C)(C)C. The Morgan fingerprint density at radius 1 is 1.20 bits per heavy atom. The Balaban J connectivity index is 3.62. The molecule has 0 aliphatic heterocycles. The summed E-state index contributed by atoms with van der Waals surface area (Å²) in [5, 5.41) is 0. The van der Waals surface area contributed by atoms with E-state index < -0.39 is 8.07 Å². The van der Waals surface area contributed by atoms with E-state index in [1.165, 1.54) is 0 Å². The van der Waals surface area contributed by atoms with Crippen molar-refractivity contribution in [1.82, 2.24) is 0 Å². The first kappa shape index (κ1) is 9.34. The standard InChI is InChI=1S/C9H14Si/c1-5-6-7-8-9-10(2,3)4/h1H,6-7H2,2-4H3. The van der Waals surface area contributed by atoms with Crippen LogP contribution in [0.2, 0.25) is 19.6 Å². The van der Waals surface area contributed by atoms with Crippen LogP contribution in [0.4, 0.5) is 0 Å². The molecule has 0 unspecified atom stereocenters. The first-order valence-corrected chi connectivity index (χ1v) is 7.00. The number of rotatable bonds is 1. The lowest BCUT2D eigenvalue weighted by Gasteiger charge is -2.02. The largest absolute Gasteiger partial charge is 0.132 e. The van der Waals surface area contributed by atoms with Crippen LogP contribution < -0.4 is 0 Å². The summed E-state index contributed by atoms with van der Waals surface area (Å²) < 4.78 is 0. The average Bonchev–Trinajstić information content (AvgIpc) is 1.78. The van der Waals surface area contributed by atoms with Gasteiger partial charge in [0.2, 0.25) is 0 Å². The number of unbranched alkanes of at least 4 members (excludes halogenated alkanes) is 1. The summed E-state index contributed by atoms with van der Waals surface area (Å²) in [7, 11) is -1.14. The van der Waals surface area contributed by atoms with Crippen molar-refractivity contribution in [3.05, 3.63) is 0 Å². The van der Waals surface area contributed by atoms with Crippen LogP contribution in [0.3, 0.4) is 0 Å². The third kappa shape index (κ3) is 7.34. The molecule has 0 rings (SSSR count). The lowest BCUT2D eigenvalue weighted by atomic mass is 10.3. The second-order valence-electron chi connectivity index (χ2n) is 3.26. The molecule has 0 nitrogen and oxygen atoms in total. The van der Waals surface area contributed by atoms with Gasteiger partial charge in [0.05, 0.1) is 0 Å². The third-order valence-electron chi connectivity index (χ3n) is 0.858. The van der Waals surface area contributed by atoms with E-state index in [-0.39, 0.29) is 0 Å². The van der Waals surface area contributed by atoms with Gasteiger partial charge in [-0.3, -0.25) is 0 Å². The maximum atomic E-state index is 5.07. The van der Waals surface area contributed by atoms with Crippen molar-refractivity contribution < 1.29 is 0 Å². The summed E-state index contributed by atoms with van der Waals surface area (Å²) >= 11 is 0. The molecule has 0 atom stereocenters. The van der Waals surface area contributed by atoms with E-state index in [2.05, 4.69) is 37.0 Å². The van der Waals surface area contributed by atoms with E-state index in [9.17, 15) is 0 Å². The van der Waals surface area contributed by atoms with Crippen LogP contribution >= 0.6 is 0 Å². The second-order valence-corrected chi connectivity index (χ2v) is 8.01. The van der Waals surface area contributed by atoms with E-state index in [0.717, 1.165) is 12.8 Å². The molecule has 0 spiro atoms. The van der Waals surface area contributed by atoms with Crippen LogP contribution in [0.25, 0.3) is 0 Å².